The topological polar surface area (TPSA) is 0 Å². The molecule has 0 aliphatic carbocycles. The van der Waals surface area contributed by atoms with Gasteiger partial charge in [-0.2, -0.15) is 42.7 Å². The van der Waals surface area contributed by atoms with Crippen LogP contribution in [0, 0.1) is 13.3 Å². The van der Waals surface area contributed by atoms with Gasteiger partial charge < -0.3 is 6.92 Å². The van der Waals surface area contributed by atoms with Gasteiger partial charge in [-0.15, -0.1) is 81.2 Å². The first-order valence-corrected chi connectivity index (χ1v) is 20.6. The van der Waals surface area contributed by atoms with E-state index in [2.05, 4.69) is 216 Å². The summed E-state index contributed by atoms with van der Waals surface area (Å²) in [6, 6.07) is 64.7. The van der Waals surface area contributed by atoms with Crippen LogP contribution in [0.5, 0.6) is 0 Å². The van der Waals surface area contributed by atoms with Crippen LogP contribution in [-0.2, 0) is 39.0 Å². The summed E-state index contributed by atoms with van der Waals surface area (Å²) in [6.07, 6.45) is 9.03. The minimum atomic E-state index is 0. The van der Waals surface area contributed by atoms with E-state index >= 15 is 0 Å². The van der Waals surface area contributed by atoms with E-state index in [-0.39, 0.29) is 26.2 Å². The molecule has 0 aliphatic heterocycles. The second-order valence-electron chi connectivity index (χ2n) is 13.8. The average molecular weight is 824 g/mol. The Bertz CT molecular complexity index is 2160. The first-order valence-electron chi connectivity index (χ1n) is 19.9. The SMILES string of the molecule is CCc1cc2c(-c3ccccc3)cccc2[cH-]1.CCc1cc2c(-c3ccccc3)cccc2[cH-]1.[CH2-]CCC.[SiH2]=C(CC[CH-]c1ccccc1)c1ccccc1.[Zr+4]. The first-order chi connectivity index (χ1) is 27.0. The maximum atomic E-state index is 3.60. The van der Waals surface area contributed by atoms with Crippen molar-refractivity contribution in [3.05, 3.63) is 218 Å². The van der Waals surface area contributed by atoms with Crippen LogP contribution in [0.25, 0.3) is 43.8 Å². The van der Waals surface area contributed by atoms with Gasteiger partial charge in [0.25, 0.3) is 0 Å². The second kappa shape index (κ2) is 24.1. The molecule has 8 rings (SSSR count). The number of hydrogen-bond donors (Lipinski definition) is 0. The molecule has 0 bridgehead atoms. The Morgan fingerprint density at radius 1 is 0.554 bits per heavy atom. The predicted molar refractivity (Wildman–Crippen MR) is 247 cm³/mol. The van der Waals surface area contributed by atoms with Crippen molar-refractivity contribution in [2.24, 2.45) is 0 Å². The fourth-order valence-electron chi connectivity index (χ4n) is 6.56. The minimum absolute atomic E-state index is 0. The van der Waals surface area contributed by atoms with Gasteiger partial charge in [0.1, 0.15) is 0 Å². The van der Waals surface area contributed by atoms with Crippen molar-refractivity contribution in [1.29, 1.82) is 0 Å². The largest absolute Gasteiger partial charge is 4.00 e. The summed E-state index contributed by atoms with van der Waals surface area (Å²) >= 11 is 0. The molecule has 0 aliphatic rings. The molecule has 8 aromatic carbocycles. The van der Waals surface area contributed by atoms with Crippen molar-refractivity contribution >= 4 is 36.6 Å². The van der Waals surface area contributed by atoms with E-state index in [1.165, 1.54) is 77.6 Å². The summed E-state index contributed by atoms with van der Waals surface area (Å²) in [5.41, 5.74) is 10.8. The number of hydrogen-bond acceptors (Lipinski definition) is 0. The molecule has 56 heavy (non-hydrogen) atoms. The Hall–Kier alpha value is -4.62. The molecule has 0 atom stereocenters. The van der Waals surface area contributed by atoms with E-state index in [9.17, 15) is 0 Å². The van der Waals surface area contributed by atoms with Gasteiger partial charge in [-0.1, -0.05) is 159 Å². The summed E-state index contributed by atoms with van der Waals surface area (Å²) in [7, 11) is 2.00. The number of benzene rings is 6. The van der Waals surface area contributed by atoms with Gasteiger partial charge in [0.05, 0.1) is 0 Å². The standard InChI is InChI=1S/2C17H15.C16H17Si.C4H9.Zr/c2*1-2-13-11-15-9-6-10-16(17(15)12-13)14-7-4-3-5-8-14;17-16(15-11-5-2-6-12-15)13-7-10-14-8-3-1-4-9-14;1-3-4-2;/h2*3-12H,2H2,1H3;1-6,8-12H,7,13,17H2;1,3-4H2,2H3;/q4*-1;+4. The molecule has 280 valence electrons. The smallest absolute Gasteiger partial charge is 0.343 e. The molecule has 0 nitrogen and oxygen atoms in total. The van der Waals surface area contributed by atoms with Crippen molar-refractivity contribution in [2.75, 3.05) is 0 Å². The molecule has 0 heterocycles. The number of rotatable bonds is 10. The van der Waals surface area contributed by atoms with E-state index in [1.807, 2.05) is 9.85 Å². The van der Waals surface area contributed by atoms with Gasteiger partial charge in [0, 0.05) is 0 Å². The normalized spacial score (nSPS) is 10.1. The Balaban J connectivity index is 0.000000176. The Kier molecular flexibility index (Phi) is 19.0. The van der Waals surface area contributed by atoms with Crippen molar-refractivity contribution in [1.82, 2.24) is 0 Å². The summed E-state index contributed by atoms with van der Waals surface area (Å²) in [6.45, 7) is 10.1. The van der Waals surface area contributed by atoms with Crippen molar-refractivity contribution in [3.63, 3.8) is 0 Å². The maximum Gasteiger partial charge on any atom is 4.00 e. The Morgan fingerprint density at radius 3 is 1.38 bits per heavy atom. The summed E-state index contributed by atoms with van der Waals surface area (Å²) in [5, 5.41) is 6.93. The molecule has 0 unspecified atom stereocenters. The van der Waals surface area contributed by atoms with Crippen molar-refractivity contribution in [3.8, 4) is 22.3 Å². The van der Waals surface area contributed by atoms with Gasteiger partial charge in [0.2, 0.25) is 0 Å². The molecule has 0 amide bonds. The second-order valence-corrected chi connectivity index (χ2v) is 14.6. The van der Waals surface area contributed by atoms with Crippen LogP contribution < -0.4 is 0 Å². The molecule has 8 aromatic rings. The van der Waals surface area contributed by atoms with Crippen LogP contribution in [0.3, 0.4) is 0 Å². The molecule has 0 fully saturated rings. The van der Waals surface area contributed by atoms with Gasteiger partial charge in [-0.3, -0.25) is 0 Å². The Morgan fingerprint density at radius 2 is 0.964 bits per heavy atom. The molecule has 0 saturated heterocycles. The third kappa shape index (κ3) is 13.0. The van der Waals surface area contributed by atoms with Crippen LogP contribution >= 0.6 is 0 Å². The van der Waals surface area contributed by atoms with Gasteiger partial charge in [0.15, 0.2) is 0 Å². The van der Waals surface area contributed by atoms with Crippen molar-refractivity contribution < 1.29 is 26.2 Å². The van der Waals surface area contributed by atoms with E-state index in [0.29, 0.717) is 0 Å². The molecule has 0 N–H and O–H groups in total. The third-order valence-electron chi connectivity index (χ3n) is 9.77. The third-order valence-corrected chi connectivity index (χ3v) is 10.5. The zero-order valence-corrected chi connectivity index (χ0v) is 37.4. The predicted octanol–water partition coefficient (Wildman–Crippen LogP) is 14.1. The van der Waals surface area contributed by atoms with E-state index in [1.54, 1.807) is 0 Å². The van der Waals surface area contributed by atoms with Crippen LogP contribution in [-0.4, -0.2) is 15.0 Å². The van der Waals surface area contributed by atoms with Crippen LogP contribution in [0.1, 0.15) is 68.7 Å². The van der Waals surface area contributed by atoms with E-state index < -0.39 is 0 Å². The maximum absolute atomic E-state index is 3.60. The number of fused-ring (bicyclic) bond motifs is 2. The zero-order valence-electron chi connectivity index (χ0n) is 33.6. The van der Waals surface area contributed by atoms with E-state index in [0.717, 1.165) is 32.1 Å². The minimum Gasteiger partial charge on any atom is -0.343 e. The zero-order chi connectivity index (χ0) is 38.7. The number of unbranched alkanes of at least 4 members (excludes halogenated alkanes) is 1. The molecular formula is C54H56SiZr. The van der Waals surface area contributed by atoms with E-state index in [4.69, 9.17) is 0 Å². The quantitative estimate of drug-likeness (QED) is 0.0952. The molecule has 2 heteroatoms. The monoisotopic (exact) mass is 822 g/mol. The number of aryl methyl sites for hydroxylation is 2. The van der Waals surface area contributed by atoms with Crippen molar-refractivity contribution in [2.45, 2.75) is 59.3 Å². The van der Waals surface area contributed by atoms with Crippen LogP contribution in [0.4, 0.5) is 0 Å². The van der Waals surface area contributed by atoms with Gasteiger partial charge in [-0.25, -0.2) is 0 Å². The average Bonchev–Trinajstić information content (AvgIpc) is 3.90. The first kappa shape index (κ1) is 44.1. The molecule has 0 aromatic heterocycles. The fraction of sp³-hybridized carbons (Fsp3) is 0.167. The molecule has 0 radical (unpaired) electrons. The summed E-state index contributed by atoms with van der Waals surface area (Å²) < 4.78 is 0. The molecular weight excluding hydrogens is 768 g/mol. The van der Waals surface area contributed by atoms with Gasteiger partial charge >= 0.3 is 26.2 Å². The van der Waals surface area contributed by atoms with Crippen LogP contribution in [0.2, 0.25) is 0 Å². The molecule has 0 saturated carbocycles. The Labute approximate surface area is 359 Å². The fourth-order valence-corrected chi connectivity index (χ4v) is 7.00. The summed E-state index contributed by atoms with van der Waals surface area (Å²) in [4.78, 5) is 0. The van der Waals surface area contributed by atoms with Crippen LogP contribution in [0.15, 0.2) is 182 Å². The summed E-state index contributed by atoms with van der Waals surface area (Å²) in [5.74, 6) is 0. The molecule has 0 spiro atoms. The van der Waals surface area contributed by atoms with Gasteiger partial charge in [-0.05, 0) is 45.8 Å².